The van der Waals surface area contributed by atoms with Crippen LogP contribution < -0.4 is 5.32 Å². The van der Waals surface area contributed by atoms with Gasteiger partial charge in [0.05, 0.1) is 5.56 Å². The van der Waals surface area contributed by atoms with Crippen LogP contribution in [0.4, 0.5) is 13.2 Å². The van der Waals surface area contributed by atoms with Gasteiger partial charge in [-0.05, 0) is 54.8 Å². The van der Waals surface area contributed by atoms with E-state index in [1.54, 1.807) is 24.3 Å². The first-order chi connectivity index (χ1) is 15.7. The van der Waals surface area contributed by atoms with Crippen LogP contribution in [0.5, 0.6) is 0 Å². The molecular formula is C24H24ClF3N2O2S. The summed E-state index contributed by atoms with van der Waals surface area (Å²) in [5, 5.41) is 3.00. The molecule has 2 unspecified atom stereocenters. The number of alkyl halides is 3. The molecule has 4 nitrogen and oxygen atoms in total. The molecule has 2 fully saturated rings. The predicted molar refractivity (Wildman–Crippen MR) is 123 cm³/mol. The molecule has 2 aliphatic rings. The van der Waals surface area contributed by atoms with Crippen LogP contribution in [0.1, 0.15) is 59.0 Å². The smallest absolute Gasteiger partial charge is 0.352 e. The molecule has 9 heteroatoms. The Hall–Kier alpha value is -2.19. The van der Waals surface area contributed by atoms with Crippen molar-refractivity contribution >= 4 is 35.2 Å². The molecule has 33 heavy (non-hydrogen) atoms. The number of rotatable bonds is 4. The molecule has 176 valence electrons. The third kappa shape index (κ3) is 5.49. The number of thioether (sulfide) groups is 1. The van der Waals surface area contributed by atoms with Gasteiger partial charge in [-0.15, -0.1) is 11.8 Å². The molecule has 2 atom stereocenters. The third-order valence-electron chi connectivity index (χ3n) is 6.10. The number of hydrogen-bond donors (Lipinski definition) is 1. The first-order valence-electron chi connectivity index (χ1n) is 10.9. The monoisotopic (exact) mass is 496 g/mol. The van der Waals surface area contributed by atoms with Crippen molar-refractivity contribution in [3.05, 3.63) is 70.2 Å². The first kappa shape index (κ1) is 24.0. The third-order valence-corrected chi connectivity index (χ3v) is 7.68. The van der Waals surface area contributed by atoms with E-state index < -0.39 is 23.2 Å². The van der Waals surface area contributed by atoms with Gasteiger partial charge >= 0.3 is 6.18 Å². The quantitative estimate of drug-likeness (QED) is 0.559. The molecule has 0 bridgehead atoms. The average Bonchev–Trinajstić information content (AvgIpc) is 3.25. The first-order valence-corrected chi connectivity index (χ1v) is 12.3. The van der Waals surface area contributed by atoms with E-state index in [4.69, 9.17) is 11.6 Å². The van der Waals surface area contributed by atoms with Gasteiger partial charge in [-0.1, -0.05) is 43.0 Å². The summed E-state index contributed by atoms with van der Waals surface area (Å²) >= 11 is 7.33. The van der Waals surface area contributed by atoms with Gasteiger partial charge in [0, 0.05) is 22.4 Å². The van der Waals surface area contributed by atoms with E-state index in [0.717, 1.165) is 44.2 Å². The Kier molecular flexibility index (Phi) is 7.24. The molecule has 1 N–H and O–H groups in total. The Morgan fingerprint density at radius 2 is 1.61 bits per heavy atom. The highest BCUT2D eigenvalue weighted by molar-refractivity contribution is 7.99. The number of carbonyl (C=O) groups excluding carboxylic acids is 2. The summed E-state index contributed by atoms with van der Waals surface area (Å²) in [6.45, 7) is 0. The van der Waals surface area contributed by atoms with Crippen LogP contribution in [0.25, 0.3) is 0 Å². The van der Waals surface area contributed by atoms with Gasteiger partial charge in [-0.2, -0.15) is 13.2 Å². The normalized spacial score (nSPS) is 21.8. The molecule has 2 amide bonds. The number of carbonyl (C=O) groups is 2. The molecule has 1 heterocycles. The van der Waals surface area contributed by atoms with Gasteiger partial charge in [0.25, 0.3) is 5.91 Å². The molecule has 1 aliphatic heterocycles. The molecule has 4 rings (SSSR count). The van der Waals surface area contributed by atoms with Crippen molar-refractivity contribution in [2.75, 3.05) is 5.75 Å². The lowest BCUT2D eigenvalue weighted by Gasteiger charge is -2.31. The fourth-order valence-corrected chi connectivity index (χ4v) is 5.89. The lowest BCUT2D eigenvalue weighted by atomic mass is 9.95. The van der Waals surface area contributed by atoms with E-state index >= 15 is 0 Å². The number of amides is 2. The average molecular weight is 497 g/mol. The van der Waals surface area contributed by atoms with Crippen LogP contribution in [0.15, 0.2) is 48.5 Å². The van der Waals surface area contributed by atoms with Crippen LogP contribution in [0, 0.1) is 0 Å². The second-order valence-electron chi connectivity index (χ2n) is 8.38. The van der Waals surface area contributed by atoms with E-state index in [0.29, 0.717) is 21.9 Å². The SMILES string of the molecule is O=C(NC1CCCCC1)C1CSC(c2ccc(C(F)(F)F)cc2)N1C(=O)c1ccc(Cl)cc1. The molecular weight excluding hydrogens is 473 g/mol. The van der Waals surface area contributed by atoms with Crippen molar-refractivity contribution in [2.24, 2.45) is 0 Å². The van der Waals surface area contributed by atoms with Gasteiger partial charge in [0.1, 0.15) is 11.4 Å². The molecule has 1 saturated heterocycles. The summed E-state index contributed by atoms with van der Waals surface area (Å²) < 4.78 is 39.0. The zero-order chi connectivity index (χ0) is 23.6. The maximum Gasteiger partial charge on any atom is 0.416 e. The van der Waals surface area contributed by atoms with Gasteiger partial charge in [-0.25, -0.2) is 0 Å². The van der Waals surface area contributed by atoms with Crippen molar-refractivity contribution in [3.8, 4) is 0 Å². The second-order valence-corrected chi connectivity index (χ2v) is 9.93. The minimum Gasteiger partial charge on any atom is -0.352 e. The van der Waals surface area contributed by atoms with Crippen LogP contribution >= 0.6 is 23.4 Å². The van der Waals surface area contributed by atoms with Crippen molar-refractivity contribution in [1.29, 1.82) is 0 Å². The van der Waals surface area contributed by atoms with Crippen LogP contribution in [0.3, 0.4) is 0 Å². The summed E-state index contributed by atoms with van der Waals surface area (Å²) in [6.07, 6.45) is 0.668. The highest BCUT2D eigenvalue weighted by atomic mass is 35.5. The molecule has 2 aromatic rings. The maximum absolute atomic E-state index is 13.5. The lowest BCUT2D eigenvalue weighted by molar-refractivity contribution is -0.137. The molecule has 0 aromatic heterocycles. The van der Waals surface area contributed by atoms with E-state index in [1.807, 2.05) is 0 Å². The Morgan fingerprint density at radius 1 is 0.970 bits per heavy atom. The Labute approximate surface area is 199 Å². The molecule has 1 saturated carbocycles. The highest BCUT2D eigenvalue weighted by Crippen LogP contribution is 2.43. The minimum atomic E-state index is -4.44. The maximum atomic E-state index is 13.5. The zero-order valence-electron chi connectivity index (χ0n) is 17.8. The van der Waals surface area contributed by atoms with Crippen molar-refractivity contribution in [2.45, 2.75) is 55.7 Å². The summed E-state index contributed by atoms with van der Waals surface area (Å²) in [7, 11) is 0. The van der Waals surface area contributed by atoms with Gasteiger partial charge in [-0.3, -0.25) is 9.59 Å². The second kappa shape index (κ2) is 9.97. The summed E-state index contributed by atoms with van der Waals surface area (Å²) in [5.41, 5.74) is 0.161. The summed E-state index contributed by atoms with van der Waals surface area (Å²) in [4.78, 5) is 28.2. The van der Waals surface area contributed by atoms with Gasteiger partial charge < -0.3 is 10.2 Å². The van der Waals surface area contributed by atoms with E-state index in [-0.39, 0.29) is 17.9 Å². The number of nitrogens with one attached hydrogen (secondary N) is 1. The zero-order valence-corrected chi connectivity index (χ0v) is 19.3. The van der Waals surface area contributed by atoms with Crippen molar-refractivity contribution in [1.82, 2.24) is 10.2 Å². The number of nitrogens with zero attached hydrogens (tertiary/aromatic N) is 1. The van der Waals surface area contributed by atoms with E-state index in [9.17, 15) is 22.8 Å². The van der Waals surface area contributed by atoms with Gasteiger partial charge in [0.2, 0.25) is 5.91 Å². The Morgan fingerprint density at radius 3 is 2.21 bits per heavy atom. The molecule has 1 aliphatic carbocycles. The highest BCUT2D eigenvalue weighted by Gasteiger charge is 2.43. The largest absolute Gasteiger partial charge is 0.416 e. The molecule has 0 spiro atoms. The summed E-state index contributed by atoms with van der Waals surface area (Å²) in [6, 6.07) is 10.5. The van der Waals surface area contributed by atoms with Crippen LogP contribution in [-0.2, 0) is 11.0 Å². The minimum absolute atomic E-state index is 0.0915. The fraction of sp³-hybridized carbons (Fsp3) is 0.417. The number of halogens is 4. The Balaban J connectivity index is 1.61. The number of benzene rings is 2. The lowest BCUT2D eigenvalue weighted by Crippen LogP contribution is -2.50. The van der Waals surface area contributed by atoms with Crippen LogP contribution in [-0.4, -0.2) is 34.6 Å². The van der Waals surface area contributed by atoms with Crippen LogP contribution in [0.2, 0.25) is 5.02 Å². The predicted octanol–water partition coefficient (Wildman–Crippen LogP) is 6.06. The topological polar surface area (TPSA) is 49.4 Å². The van der Waals surface area contributed by atoms with Crippen molar-refractivity contribution in [3.63, 3.8) is 0 Å². The van der Waals surface area contributed by atoms with Gasteiger partial charge in [0.15, 0.2) is 0 Å². The van der Waals surface area contributed by atoms with E-state index in [1.165, 1.54) is 28.8 Å². The Bertz CT molecular complexity index is 992. The standard InChI is InChI=1S/C24H24ClF3N2O2S/c25-18-12-8-15(9-13-18)22(32)30-20(21(31)29-19-4-2-1-3-5-19)14-33-23(30)16-6-10-17(11-7-16)24(26,27)28/h6-13,19-20,23H,1-5,14H2,(H,29,31). The summed E-state index contributed by atoms with van der Waals surface area (Å²) in [5.74, 6) is -0.208. The molecule has 0 radical (unpaired) electrons. The number of hydrogen-bond acceptors (Lipinski definition) is 3. The van der Waals surface area contributed by atoms with E-state index in [2.05, 4.69) is 5.32 Å². The fourth-order valence-electron chi connectivity index (χ4n) is 4.34. The van der Waals surface area contributed by atoms with Crippen molar-refractivity contribution < 1.29 is 22.8 Å². The molecule has 2 aromatic carbocycles.